The average Bonchev–Trinajstić information content (AvgIpc) is 3.58. The summed E-state index contributed by atoms with van der Waals surface area (Å²) in [7, 11) is -3.70. The van der Waals surface area contributed by atoms with Crippen molar-refractivity contribution >= 4 is 26.8 Å². The Bertz CT molecular complexity index is 1270. The first-order chi connectivity index (χ1) is 14.3. The first-order valence-corrected chi connectivity index (χ1v) is 11.5. The van der Waals surface area contributed by atoms with Crippen molar-refractivity contribution in [2.24, 2.45) is 11.1 Å². The number of hydrogen-bond donors (Lipinski definition) is 3. The van der Waals surface area contributed by atoms with Gasteiger partial charge in [-0.15, -0.1) is 0 Å². The topological polar surface area (TPSA) is 144 Å². The van der Waals surface area contributed by atoms with E-state index in [1.807, 2.05) is 6.92 Å². The number of hydrogen-bond acceptors (Lipinski definition) is 5. The average molecular weight is 449 g/mol. The number of primary amides is 1. The molecule has 0 aliphatic heterocycles. The molecule has 4 N–H and O–H groups in total. The molecule has 168 valence electrons. The summed E-state index contributed by atoms with van der Waals surface area (Å²) in [5, 5.41) is 0.215. The number of nitrogens with two attached hydrogens (primary N) is 1. The van der Waals surface area contributed by atoms with E-state index in [1.54, 1.807) is 13.0 Å². The number of carbonyl (C=O) groups excluding carboxylic acids is 1. The van der Waals surface area contributed by atoms with Crippen molar-refractivity contribution in [2.45, 2.75) is 63.4 Å². The second kappa shape index (κ2) is 7.76. The molecule has 2 saturated carbocycles. The lowest BCUT2D eigenvalue weighted by atomic mass is 10.1. The van der Waals surface area contributed by atoms with Gasteiger partial charge in [-0.2, -0.15) is 0 Å². The van der Waals surface area contributed by atoms with Gasteiger partial charge in [0.05, 0.1) is 15.8 Å². The zero-order valence-corrected chi connectivity index (χ0v) is 18.8. The molecule has 0 bridgehead atoms. The minimum absolute atomic E-state index is 0.0430. The summed E-state index contributed by atoms with van der Waals surface area (Å²) in [6, 6.07) is 4.37. The van der Waals surface area contributed by atoms with Gasteiger partial charge >= 0.3 is 5.69 Å². The number of nitrogens with zero attached hydrogens (tertiary/aromatic N) is 1. The van der Waals surface area contributed by atoms with E-state index in [-0.39, 0.29) is 21.2 Å². The minimum Gasteiger partial charge on any atom is -0.366 e. The van der Waals surface area contributed by atoms with E-state index in [0.717, 1.165) is 25.7 Å². The van der Waals surface area contributed by atoms with E-state index in [2.05, 4.69) is 23.2 Å². The normalized spacial score (nSPS) is 18.0. The fraction of sp³-hybridized carbons (Fsp3) is 0.476. The Morgan fingerprint density at radius 2 is 1.81 bits per heavy atom. The molecule has 1 aromatic heterocycles. The van der Waals surface area contributed by atoms with Gasteiger partial charge in [-0.05, 0) is 63.1 Å². The molecule has 10 heteroatoms. The highest BCUT2D eigenvalue weighted by Gasteiger charge is 2.41. The van der Waals surface area contributed by atoms with Crippen molar-refractivity contribution in [2.75, 3.05) is 0 Å². The van der Waals surface area contributed by atoms with Crippen molar-refractivity contribution in [1.29, 1.82) is 0 Å². The van der Waals surface area contributed by atoms with Crippen LogP contribution in [0, 0.1) is 5.41 Å². The maximum Gasteiger partial charge on any atom is 0.328 e. The maximum absolute atomic E-state index is 12.5. The Morgan fingerprint density at radius 3 is 2.29 bits per heavy atom. The molecule has 0 radical (unpaired) electrons. The highest BCUT2D eigenvalue weighted by Crippen LogP contribution is 2.46. The molecule has 0 atom stereocenters. The summed E-state index contributed by atoms with van der Waals surface area (Å²) in [6.07, 6.45) is 3.68. The number of aromatic nitrogens is 2. The van der Waals surface area contributed by atoms with Crippen LogP contribution in [0.3, 0.4) is 0 Å². The fourth-order valence-electron chi connectivity index (χ4n) is 3.02. The summed E-state index contributed by atoms with van der Waals surface area (Å²) in [5.41, 5.74) is 4.23. The van der Waals surface area contributed by atoms with Gasteiger partial charge < -0.3 is 5.73 Å². The largest absolute Gasteiger partial charge is 0.366 e. The van der Waals surface area contributed by atoms with Gasteiger partial charge in [0.1, 0.15) is 0 Å². The first kappa shape index (κ1) is 23.0. The van der Waals surface area contributed by atoms with Crippen LogP contribution in [-0.2, 0) is 21.4 Å². The van der Waals surface area contributed by atoms with Gasteiger partial charge in [0.2, 0.25) is 15.9 Å². The molecule has 4 rings (SSSR count). The number of aromatic amines is 1. The smallest absolute Gasteiger partial charge is 0.328 e. The highest BCUT2D eigenvalue weighted by atomic mass is 32.2. The Morgan fingerprint density at radius 1 is 1.23 bits per heavy atom. The van der Waals surface area contributed by atoms with Gasteiger partial charge in [-0.3, -0.25) is 19.1 Å². The van der Waals surface area contributed by atoms with Crippen molar-refractivity contribution in [3.63, 3.8) is 0 Å². The second-order valence-electron chi connectivity index (χ2n) is 9.15. The number of carbonyl (C=O) groups is 1. The molecule has 0 spiro atoms. The van der Waals surface area contributed by atoms with Crippen LogP contribution < -0.4 is 21.7 Å². The van der Waals surface area contributed by atoms with Crippen molar-refractivity contribution < 1.29 is 13.2 Å². The molecular weight excluding hydrogens is 420 g/mol. The van der Waals surface area contributed by atoms with Crippen LogP contribution in [0.15, 0.2) is 44.8 Å². The standard InChI is InChI=1S/C17H21N3O4S.C4H7NO/c1-16(5-6-16)10-20-13-4-3-11(9-12(13)14(21)18-15(20)22)25(23,24)19-17(2)7-8-17;1-3(2)4(5)6/h3-4,9,19H,5-8,10H2,1-2H3,(H,18,21,22);1H2,2H3,(H2,5,6). The van der Waals surface area contributed by atoms with Gasteiger partial charge in [-0.1, -0.05) is 13.5 Å². The second-order valence-corrected chi connectivity index (χ2v) is 10.8. The lowest BCUT2D eigenvalue weighted by molar-refractivity contribution is -0.114. The van der Waals surface area contributed by atoms with Crippen molar-refractivity contribution in [3.8, 4) is 0 Å². The summed E-state index contributed by atoms with van der Waals surface area (Å²) < 4.78 is 29.3. The van der Waals surface area contributed by atoms with E-state index in [4.69, 9.17) is 5.73 Å². The van der Waals surface area contributed by atoms with Gasteiger partial charge in [0.25, 0.3) is 5.56 Å². The maximum atomic E-state index is 12.5. The van der Waals surface area contributed by atoms with Crippen LogP contribution in [0.25, 0.3) is 10.9 Å². The molecule has 0 saturated heterocycles. The van der Waals surface area contributed by atoms with Crippen molar-refractivity contribution in [1.82, 2.24) is 14.3 Å². The quantitative estimate of drug-likeness (QED) is 0.572. The van der Waals surface area contributed by atoms with E-state index >= 15 is 0 Å². The van der Waals surface area contributed by atoms with Gasteiger partial charge in [0, 0.05) is 17.7 Å². The number of nitrogens with one attached hydrogen (secondary N) is 2. The number of amides is 1. The molecule has 2 fully saturated rings. The third-order valence-electron chi connectivity index (χ3n) is 5.72. The third kappa shape index (κ3) is 5.31. The lowest BCUT2D eigenvalue weighted by Crippen LogP contribution is -2.35. The molecule has 2 aliphatic rings. The number of fused-ring (bicyclic) bond motifs is 1. The Kier molecular flexibility index (Phi) is 5.74. The van der Waals surface area contributed by atoms with Crippen LogP contribution in [0.1, 0.15) is 46.5 Å². The lowest BCUT2D eigenvalue weighted by Gasteiger charge is -2.15. The van der Waals surface area contributed by atoms with E-state index in [1.165, 1.54) is 16.7 Å². The molecule has 2 aromatic rings. The van der Waals surface area contributed by atoms with Crippen LogP contribution in [0.4, 0.5) is 0 Å². The zero-order chi connectivity index (χ0) is 23.2. The first-order valence-electron chi connectivity index (χ1n) is 10.0. The van der Waals surface area contributed by atoms with Crippen LogP contribution in [-0.4, -0.2) is 29.4 Å². The van der Waals surface area contributed by atoms with Crippen molar-refractivity contribution in [3.05, 3.63) is 51.2 Å². The fourth-order valence-corrected chi connectivity index (χ4v) is 4.51. The Hall–Kier alpha value is -2.72. The molecule has 9 nitrogen and oxygen atoms in total. The molecule has 1 heterocycles. The van der Waals surface area contributed by atoms with Crippen LogP contribution >= 0.6 is 0 Å². The van der Waals surface area contributed by atoms with Gasteiger partial charge in [-0.25, -0.2) is 17.9 Å². The molecular formula is C21H28N4O5S. The monoisotopic (exact) mass is 448 g/mol. The number of H-pyrrole nitrogens is 1. The van der Waals surface area contributed by atoms with E-state index in [9.17, 15) is 22.8 Å². The molecule has 31 heavy (non-hydrogen) atoms. The van der Waals surface area contributed by atoms with Gasteiger partial charge in [0.15, 0.2) is 0 Å². The molecule has 0 unspecified atom stereocenters. The highest BCUT2D eigenvalue weighted by molar-refractivity contribution is 7.89. The van der Waals surface area contributed by atoms with E-state index < -0.39 is 27.2 Å². The Balaban J connectivity index is 0.000000401. The predicted molar refractivity (Wildman–Crippen MR) is 118 cm³/mol. The number of rotatable bonds is 6. The summed E-state index contributed by atoms with van der Waals surface area (Å²) >= 11 is 0. The molecule has 1 amide bonds. The summed E-state index contributed by atoms with van der Waals surface area (Å²) in [6.45, 7) is 9.31. The van der Waals surface area contributed by atoms with E-state index in [0.29, 0.717) is 17.6 Å². The van der Waals surface area contributed by atoms with Crippen LogP contribution in [0.5, 0.6) is 0 Å². The predicted octanol–water partition coefficient (Wildman–Crippen LogP) is 1.37. The summed E-state index contributed by atoms with van der Waals surface area (Å²) in [5.74, 6) is -0.435. The number of sulfonamides is 1. The Labute approximate surface area is 180 Å². The SMILES string of the molecule is C=C(C)C(N)=O.CC1(Cn2c(=O)[nH]c(=O)c3cc(S(=O)(=O)NC4(C)CC4)ccc32)CC1. The minimum atomic E-state index is -3.70. The summed E-state index contributed by atoms with van der Waals surface area (Å²) in [4.78, 5) is 36.6. The number of benzene rings is 1. The zero-order valence-electron chi connectivity index (χ0n) is 17.9. The third-order valence-corrected chi connectivity index (χ3v) is 7.36. The van der Waals surface area contributed by atoms with Crippen LogP contribution in [0.2, 0.25) is 0 Å². The molecule has 1 aromatic carbocycles. The molecule has 2 aliphatic carbocycles.